The molecule has 1 saturated carbocycles. The first kappa shape index (κ1) is 18.5. The zero-order valence-corrected chi connectivity index (χ0v) is 15.4. The molecule has 0 saturated heterocycles. The van der Waals surface area contributed by atoms with Gasteiger partial charge < -0.3 is 9.42 Å². The Bertz CT molecular complexity index is 898. The van der Waals surface area contributed by atoms with Gasteiger partial charge in [-0.3, -0.25) is 4.79 Å². The number of carbonyl (C=O) groups is 1. The summed E-state index contributed by atoms with van der Waals surface area (Å²) in [7, 11) is -1.26. The number of nitrogens with zero attached hydrogens (tertiary/aromatic N) is 3. The number of ketones is 1. The van der Waals surface area contributed by atoms with E-state index in [1.54, 1.807) is 20.2 Å². The number of carbonyl (C=O) groups excluding carboxylic acids is 1. The lowest BCUT2D eigenvalue weighted by molar-refractivity contribution is -0.122. The molecule has 1 aliphatic rings. The lowest BCUT2D eigenvalue weighted by Crippen LogP contribution is -2.42. The van der Waals surface area contributed by atoms with Crippen LogP contribution in [0.1, 0.15) is 31.6 Å². The van der Waals surface area contributed by atoms with Crippen molar-refractivity contribution in [3.05, 3.63) is 36.2 Å². The molecule has 3 rings (SSSR count). The van der Waals surface area contributed by atoms with Crippen LogP contribution < -0.4 is 4.90 Å². The second kappa shape index (κ2) is 6.79. The Morgan fingerprint density at radius 3 is 2.54 bits per heavy atom. The summed E-state index contributed by atoms with van der Waals surface area (Å²) in [6, 6.07) is 7.30. The van der Waals surface area contributed by atoms with Gasteiger partial charge in [-0.15, -0.1) is 0 Å². The third kappa shape index (κ3) is 3.00. The van der Waals surface area contributed by atoms with Gasteiger partial charge in [-0.1, -0.05) is 18.2 Å². The highest BCUT2D eigenvalue weighted by Crippen LogP contribution is 2.47. The molecule has 0 radical (unpaired) electrons. The van der Waals surface area contributed by atoms with Crippen LogP contribution in [0.15, 0.2) is 39.8 Å². The first-order chi connectivity index (χ1) is 12.3. The van der Waals surface area contributed by atoms with Crippen molar-refractivity contribution in [2.45, 2.75) is 35.6 Å². The fourth-order valence-electron chi connectivity index (χ4n) is 3.16. The highest BCUT2D eigenvalue weighted by molar-refractivity contribution is 7.92. The third-order valence-electron chi connectivity index (χ3n) is 4.56. The monoisotopic (exact) mass is 381 g/mol. The van der Waals surface area contributed by atoms with E-state index < -0.39 is 26.6 Å². The maximum absolute atomic E-state index is 16.4. The summed E-state index contributed by atoms with van der Waals surface area (Å²) < 4.78 is 47.8. The summed E-state index contributed by atoms with van der Waals surface area (Å²) in [5.74, 6) is -1.82. The van der Waals surface area contributed by atoms with Crippen molar-refractivity contribution in [1.82, 2.24) is 10.1 Å². The van der Waals surface area contributed by atoms with Crippen molar-refractivity contribution in [3.63, 3.8) is 0 Å². The summed E-state index contributed by atoms with van der Waals surface area (Å²) in [4.78, 5) is 17.1. The number of aromatic nitrogens is 2. The maximum Gasteiger partial charge on any atom is 0.295 e. The number of hydrogen-bond donors (Lipinski definition) is 0. The molecule has 140 valence electrons. The maximum atomic E-state index is 16.4. The van der Waals surface area contributed by atoms with Crippen molar-refractivity contribution in [1.29, 1.82) is 0 Å². The Morgan fingerprint density at radius 1 is 1.27 bits per heavy atom. The Labute approximate surface area is 151 Å². The molecule has 1 heterocycles. The number of alkyl halides is 1. The van der Waals surface area contributed by atoms with Gasteiger partial charge in [0.15, 0.2) is 0 Å². The quantitative estimate of drug-likeness (QED) is 0.785. The van der Waals surface area contributed by atoms with E-state index in [-0.39, 0.29) is 29.5 Å². The molecule has 1 fully saturated rings. The van der Waals surface area contributed by atoms with Gasteiger partial charge in [0.05, 0.1) is 4.90 Å². The van der Waals surface area contributed by atoms with Crippen molar-refractivity contribution in [2.75, 3.05) is 19.0 Å². The number of rotatable bonds is 5. The number of sulfone groups is 1. The van der Waals surface area contributed by atoms with E-state index in [0.29, 0.717) is 12.8 Å². The van der Waals surface area contributed by atoms with Crippen LogP contribution in [0.3, 0.4) is 0 Å². The first-order valence-corrected chi connectivity index (χ1v) is 9.77. The summed E-state index contributed by atoms with van der Waals surface area (Å²) in [6.07, 6.45) is 0.815. The fourth-order valence-corrected chi connectivity index (χ4v) is 4.97. The molecule has 1 aromatic carbocycles. The second-order valence-corrected chi connectivity index (χ2v) is 8.66. The Hall–Kier alpha value is -2.29. The summed E-state index contributed by atoms with van der Waals surface area (Å²) in [6.45, 7) is 0. The van der Waals surface area contributed by atoms with Crippen molar-refractivity contribution in [2.24, 2.45) is 5.92 Å². The lowest BCUT2D eigenvalue weighted by Gasteiger charge is -2.32. The molecule has 2 aromatic rings. The predicted octanol–water partition coefficient (Wildman–Crippen LogP) is 2.49. The van der Waals surface area contributed by atoms with Crippen molar-refractivity contribution in [3.8, 4) is 0 Å². The summed E-state index contributed by atoms with van der Waals surface area (Å²) in [5.41, 5.74) is 0. The molecular weight excluding hydrogens is 361 g/mol. The van der Waals surface area contributed by atoms with Gasteiger partial charge >= 0.3 is 0 Å². The van der Waals surface area contributed by atoms with Gasteiger partial charge in [-0.25, -0.2) is 12.8 Å². The van der Waals surface area contributed by atoms with Crippen LogP contribution in [0.25, 0.3) is 0 Å². The Morgan fingerprint density at radius 2 is 1.96 bits per heavy atom. The summed E-state index contributed by atoms with van der Waals surface area (Å²) in [5, 5.41) is 0.687. The zero-order chi connectivity index (χ0) is 18.9. The second-order valence-electron chi connectivity index (χ2n) is 6.59. The minimum atomic E-state index is -4.52. The SMILES string of the molecule is CN(C)c1noc(C(F)(C2CCCC(=O)C2)S(=O)(=O)c2ccccc2)n1. The number of Topliss-reactive ketones (excluding diaryl/α,β-unsaturated/α-hetero) is 1. The fraction of sp³-hybridized carbons (Fsp3) is 0.471. The van der Waals surface area contributed by atoms with Crippen molar-refractivity contribution >= 4 is 21.6 Å². The zero-order valence-electron chi connectivity index (χ0n) is 14.6. The molecule has 2 atom stereocenters. The molecule has 0 bridgehead atoms. The highest BCUT2D eigenvalue weighted by Gasteiger charge is 2.58. The van der Waals surface area contributed by atoms with E-state index in [1.165, 1.54) is 29.2 Å². The van der Waals surface area contributed by atoms with Crippen LogP contribution >= 0.6 is 0 Å². The standard InChI is InChI=1S/C17H20FN3O4S/c1-21(2)16-19-15(25-20-16)17(18,12-7-6-8-13(22)11-12)26(23,24)14-9-4-3-5-10-14/h3-5,9-10,12H,6-8,11H2,1-2H3. The van der Waals surface area contributed by atoms with E-state index in [0.717, 1.165) is 0 Å². The van der Waals surface area contributed by atoms with Crippen molar-refractivity contribution < 1.29 is 22.1 Å². The number of benzene rings is 1. The molecule has 9 heteroatoms. The molecule has 7 nitrogen and oxygen atoms in total. The average Bonchev–Trinajstić information content (AvgIpc) is 3.12. The largest absolute Gasteiger partial charge is 0.344 e. The van der Waals surface area contributed by atoms with E-state index in [9.17, 15) is 13.2 Å². The van der Waals surface area contributed by atoms with Crippen LogP contribution in [0.5, 0.6) is 0 Å². The normalized spacial score (nSPS) is 20.6. The summed E-state index contributed by atoms with van der Waals surface area (Å²) >= 11 is 0. The number of halogens is 1. The van der Waals surface area contributed by atoms with Crippen LogP contribution in [0.4, 0.5) is 10.3 Å². The van der Waals surface area contributed by atoms with E-state index in [1.807, 2.05) is 0 Å². The minimum Gasteiger partial charge on any atom is -0.344 e. The molecule has 0 N–H and O–H groups in total. The van der Waals surface area contributed by atoms with Crippen LogP contribution in [-0.4, -0.2) is 38.4 Å². The van der Waals surface area contributed by atoms with Crippen LogP contribution in [0.2, 0.25) is 0 Å². The molecule has 1 aliphatic carbocycles. The molecule has 1 aromatic heterocycles. The van der Waals surface area contributed by atoms with Gasteiger partial charge in [0.1, 0.15) is 5.78 Å². The third-order valence-corrected chi connectivity index (χ3v) is 6.74. The van der Waals surface area contributed by atoms with Gasteiger partial charge in [-0.05, 0) is 30.1 Å². The van der Waals surface area contributed by atoms with Gasteiger partial charge in [0, 0.05) is 32.9 Å². The minimum absolute atomic E-state index is 0.0624. The van der Waals surface area contributed by atoms with Crippen LogP contribution in [0, 0.1) is 5.92 Å². The van der Waals surface area contributed by atoms with Gasteiger partial charge in [0.25, 0.3) is 16.8 Å². The van der Waals surface area contributed by atoms with E-state index in [4.69, 9.17) is 4.52 Å². The number of anilines is 1. The average molecular weight is 381 g/mol. The molecule has 0 amide bonds. The smallest absolute Gasteiger partial charge is 0.295 e. The molecule has 2 unspecified atom stereocenters. The predicted molar refractivity (Wildman–Crippen MR) is 92.0 cm³/mol. The molecular formula is C17H20FN3O4S. The van der Waals surface area contributed by atoms with E-state index >= 15 is 4.39 Å². The highest BCUT2D eigenvalue weighted by atomic mass is 32.2. The molecule has 0 aliphatic heterocycles. The molecule has 26 heavy (non-hydrogen) atoms. The Kier molecular flexibility index (Phi) is 4.83. The Balaban J connectivity index is 2.16. The van der Waals surface area contributed by atoms with Gasteiger partial charge in [0.2, 0.25) is 9.84 Å². The molecule has 0 spiro atoms. The first-order valence-electron chi connectivity index (χ1n) is 8.28. The van der Waals surface area contributed by atoms with Crippen LogP contribution in [-0.2, 0) is 19.6 Å². The number of hydrogen-bond acceptors (Lipinski definition) is 7. The topological polar surface area (TPSA) is 93.4 Å². The van der Waals surface area contributed by atoms with E-state index in [2.05, 4.69) is 10.1 Å². The van der Waals surface area contributed by atoms with Gasteiger partial charge in [-0.2, -0.15) is 4.98 Å². The lowest BCUT2D eigenvalue weighted by atomic mass is 9.84.